The Kier molecular flexibility index (Phi) is 5.26. The number of nitrogens with one attached hydrogen (secondary N) is 1. The van der Waals surface area contributed by atoms with E-state index >= 15 is 0 Å². The van der Waals surface area contributed by atoms with Crippen LogP contribution in [0.4, 0.5) is 0 Å². The first kappa shape index (κ1) is 15.9. The van der Waals surface area contributed by atoms with Gasteiger partial charge in [0.1, 0.15) is 0 Å². The average Bonchev–Trinajstić information content (AvgIpc) is 2.51. The molecule has 0 saturated carbocycles. The number of rotatable bonds is 5. The summed E-state index contributed by atoms with van der Waals surface area (Å²) in [7, 11) is 5.25. The Hall–Kier alpha value is -1.52. The lowest BCUT2D eigenvalue weighted by Gasteiger charge is -2.19. The minimum Gasteiger partial charge on any atom is -0.493 e. The van der Waals surface area contributed by atoms with Crippen LogP contribution < -0.4 is 14.8 Å². The minimum atomic E-state index is 0.108. The first-order valence-electron chi connectivity index (χ1n) is 6.76. The van der Waals surface area contributed by atoms with E-state index in [0.29, 0.717) is 0 Å². The highest BCUT2D eigenvalue weighted by atomic mass is 79.9. The van der Waals surface area contributed by atoms with Gasteiger partial charge in [0.2, 0.25) is 0 Å². The van der Waals surface area contributed by atoms with Gasteiger partial charge in [0.25, 0.3) is 0 Å². The third kappa shape index (κ3) is 3.39. The van der Waals surface area contributed by atoms with Gasteiger partial charge in [-0.15, -0.1) is 0 Å². The van der Waals surface area contributed by atoms with Crippen LogP contribution in [0.3, 0.4) is 0 Å². The molecule has 0 radical (unpaired) electrons. The molecule has 0 aliphatic carbocycles. The summed E-state index contributed by atoms with van der Waals surface area (Å²) in [4.78, 5) is 0. The number of hydrogen-bond acceptors (Lipinski definition) is 3. The van der Waals surface area contributed by atoms with Crippen molar-refractivity contribution in [3.05, 3.63) is 57.6 Å². The number of benzene rings is 2. The van der Waals surface area contributed by atoms with Crippen molar-refractivity contribution in [1.29, 1.82) is 0 Å². The molecule has 0 heterocycles. The molecular formula is C17H20BrNO2. The van der Waals surface area contributed by atoms with Gasteiger partial charge in [-0.1, -0.05) is 34.1 Å². The molecule has 0 saturated heterocycles. The normalized spacial score (nSPS) is 12.0. The van der Waals surface area contributed by atoms with Crippen molar-refractivity contribution in [3.63, 3.8) is 0 Å². The Labute approximate surface area is 134 Å². The van der Waals surface area contributed by atoms with Crippen molar-refractivity contribution in [2.45, 2.75) is 13.0 Å². The molecule has 4 heteroatoms. The van der Waals surface area contributed by atoms with E-state index in [1.807, 2.05) is 19.2 Å². The van der Waals surface area contributed by atoms with E-state index < -0.39 is 0 Å². The van der Waals surface area contributed by atoms with E-state index in [2.05, 4.69) is 52.4 Å². The summed E-state index contributed by atoms with van der Waals surface area (Å²) in [5.74, 6) is 1.48. The van der Waals surface area contributed by atoms with Crippen LogP contribution in [-0.2, 0) is 0 Å². The summed E-state index contributed by atoms with van der Waals surface area (Å²) >= 11 is 3.54. The van der Waals surface area contributed by atoms with E-state index in [1.165, 1.54) is 11.1 Å². The predicted octanol–water partition coefficient (Wildman–Crippen LogP) is 4.08. The molecule has 21 heavy (non-hydrogen) atoms. The van der Waals surface area contributed by atoms with Crippen LogP contribution in [0, 0.1) is 6.92 Å². The molecule has 0 spiro atoms. The van der Waals surface area contributed by atoms with Crippen LogP contribution in [0.15, 0.2) is 40.9 Å². The second-order valence-electron chi connectivity index (χ2n) is 4.84. The molecule has 2 rings (SSSR count). The summed E-state index contributed by atoms with van der Waals surface area (Å²) < 4.78 is 11.8. The minimum absolute atomic E-state index is 0.108. The number of hydrogen-bond donors (Lipinski definition) is 1. The third-order valence-electron chi connectivity index (χ3n) is 3.54. The van der Waals surface area contributed by atoms with E-state index in [4.69, 9.17) is 9.47 Å². The van der Waals surface area contributed by atoms with Gasteiger partial charge in [-0.2, -0.15) is 0 Å². The molecule has 1 atom stereocenters. The van der Waals surface area contributed by atoms with Crippen molar-refractivity contribution >= 4 is 15.9 Å². The summed E-state index contributed by atoms with van der Waals surface area (Å²) in [5.41, 5.74) is 3.57. The lowest BCUT2D eigenvalue weighted by molar-refractivity contribution is 0.354. The number of ether oxygens (including phenoxy) is 2. The third-order valence-corrected chi connectivity index (χ3v) is 4.43. The van der Waals surface area contributed by atoms with Crippen LogP contribution in [0.25, 0.3) is 0 Å². The van der Waals surface area contributed by atoms with Gasteiger partial charge in [-0.25, -0.2) is 0 Å². The van der Waals surface area contributed by atoms with E-state index in [0.717, 1.165) is 21.5 Å². The Bertz CT molecular complexity index is 628. The molecule has 0 fully saturated rings. The van der Waals surface area contributed by atoms with Gasteiger partial charge in [-0.3, -0.25) is 0 Å². The van der Waals surface area contributed by atoms with E-state index in [-0.39, 0.29) is 6.04 Å². The van der Waals surface area contributed by atoms with Gasteiger partial charge < -0.3 is 14.8 Å². The van der Waals surface area contributed by atoms with Crippen molar-refractivity contribution in [2.75, 3.05) is 21.3 Å². The molecule has 0 aromatic heterocycles. The molecule has 0 bridgehead atoms. The zero-order valence-electron chi connectivity index (χ0n) is 12.7. The molecule has 112 valence electrons. The Morgan fingerprint density at radius 1 is 0.952 bits per heavy atom. The Morgan fingerprint density at radius 2 is 1.57 bits per heavy atom. The van der Waals surface area contributed by atoms with Gasteiger partial charge in [0.15, 0.2) is 11.5 Å². The van der Waals surface area contributed by atoms with Crippen LogP contribution in [0.1, 0.15) is 22.7 Å². The van der Waals surface area contributed by atoms with Crippen LogP contribution in [-0.4, -0.2) is 21.3 Å². The lowest BCUT2D eigenvalue weighted by Crippen LogP contribution is -2.17. The summed E-state index contributed by atoms with van der Waals surface area (Å²) in [6, 6.07) is 12.5. The average molecular weight is 350 g/mol. The van der Waals surface area contributed by atoms with Gasteiger partial charge in [-0.05, 0) is 48.9 Å². The van der Waals surface area contributed by atoms with Gasteiger partial charge in [0.05, 0.1) is 20.3 Å². The molecule has 0 aliphatic heterocycles. The molecule has 2 aromatic rings. The maximum absolute atomic E-state index is 5.39. The zero-order chi connectivity index (χ0) is 15.4. The summed E-state index contributed by atoms with van der Waals surface area (Å²) in [6.45, 7) is 2.09. The van der Waals surface area contributed by atoms with Crippen molar-refractivity contribution in [3.8, 4) is 11.5 Å². The molecule has 0 amide bonds. The van der Waals surface area contributed by atoms with Crippen LogP contribution in [0.2, 0.25) is 0 Å². The highest BCUT2D eigenvalue weighted by molar-refractivity contribution is 9.10. The number of methoxy groups -OCH3 is 2. The van der Waals surface area contributed by atoms with Gasteiger partial charge in [0, 0.05) is 4.47 Å². The number of halogens is 1. The molecule has 1 N–H and O–H groups in total. The standard InChI is InChI=1S/C17H20BrNO2/c1-11-9-12(5-7-14(11)18)17(19-2)13-6-8-15(20-3)16(10-13)21-4/h5-10,17,19H,1-4H3. The molecule has 2 aromatic carbocycles. The molecule has 3 nitrogen and oxygen atoms in total. The second-order valence-corrected chi connectivity index (χ2v) is 5.70. The van der Waals surface area contributed by atoms with Crippen LogP contribution in [0.5, 0.6) is 11.5 Å². The zero-order valence-corrected chi connectivity index (χ0v) is 14.3. The second kappa shape index (κ2) is 6.96. The molecule has 1 unspecified atom stereocenters. The summed E-state index contributed by atoms with van der Waals surface area (Å²) in [5, 5.41) is 3.36. The Balaban J connectivity index is 2.43. The fourth-order valence-electron chi connectivity index (χ4n) is 2.41. The van der Waals surface area contributed by atoms with E-state index in [1.54, 1.807) is 14.2 Å². The number of aryl methyl sites for hydroxylation is 1. The summed E-state index contributed by atoms with van der Waals surface area (Å²) in [6.07, 6.45) is 0. The predicted molar refractivity (Wildman–Crippen MR) is 89.3 cm³/mol. The monoisotopic (exact) mass is 349 g/mol. The smallest absolute Gasteiger partial charge is 0.161 e. The highest BCUT2D eigenvalue weighted by Crippen LogP contribution is 2.33. The Morgan fingerprint density at radius 3 is 2.14 bits per heavy atom. The van der Waals surface area contributed by atoms with Gasteiger partial charge >= 0.3 is 0 Å². The van der Waals surface area contributed by atoms with E-state index in [9.17, 15) is 0 Å². The lowest BCUT2D eigenvalue weighted by atomic mass is 9.97. The van der Waals surface area contributed by atoms with Crippen LogP contribution >= 0.6 is 15.9 Å². The van der Waals surface area contributed by atoms with Crippen molar-refractivity contribution < 1.29 is 9.47 Å². The van der Waals surface area contributed by atoms with Crippen molar-refractivity contribution in [1.82, 2.24) is 5.32 Å². The maximum atomic E-state index is 5.39. The fourth-order valence-corrected chi connectivity index (χ4v) is 2.65. The topological polar surface area (TPSA) is 30.5 Å². The molecular weight excluding hydrogens is 330 g/mol. The fraction of sp³-hybridized carbons (Fsp3) is 0.294. The quantitative estimate of drug-likeness (QED) is 0.881. The maximum Gasteiger partial charge on any atom is 0.161 e. The highest BCUT2D eigenvalue weighted by Gasteiger charge is 2.15. The SMILES string of the molecule is CNC(c1ccc(Br)c(C)c1)c1ccc(OC)c(OC)c1. The molecule has 0 aliphatic rings. The first-order chi connectivity index (χ1) is 10.1. The largest absolute Gasteiger partial charge is 0.493 e. The first-order valence-corrected chi connectivity index (χ1v) is 7.55. The van der Waals surface area contributed by atoms with Crippen molar-refractivity contribution in [2.24, 2.45) is 0 Å².